The number of pyridine rings is 1. The molecule has 0 radical (unpaired) electrons. The molecule has 0 saturated heterocycles. The molecule has 0 aliphatic heterocycles. The molecule has 4 heterocycles. The summed E-state index contributed by atoms with van der Waals surface area (Å²) in [6, 6.07) is 11.6. The highest BCUT2D eigenvalue weighted by Crippen LogP contribution is 2.33. The van der Waals surface area contributed by atoms with Gasteiger partial charge in [0, 0.05) is 56.0 Å². The second-order valence-electron chi connectivity index (χ2n) is 9.39. The van der Waals surface area contributed by atoms with Gasteiger partial charge in [0.25, 0.3) is 0 Å². The zero-order valence-corrected chi connectivity index (χ0v) is 22.7. The van der Waals surface area contributed by atoms with Crippen LogP contribution in [0, 0.1) is 20.8 Å². The summed E-state index contributed by atoms with van der Waals surface area (Å²) in [7, 11) is 1.92. The van der Waals surface area contributed by atoms with Crippen molar-refractivity contribution in [3.63, 3.8) is 0 Å². The number of carbonyl (C=O) groups excluding carboxylic acids is 2. The van der Waals surface area contributed by atoms with Crippen molar-refractivity contribution in [2.75, 3.05) is 4.90 Å². The average Bonchev–Trinajstić information content (AvgIpc) is 3.36. The van der Waals surface area contributed by atoms with Crippen molar-refractivity contribution < 1.29 is 19.1 Å². The van der Waals surface area contributed by atoms with E-state index in [9.17, 15) is 9.59 Å². The summed E-state index contributed by atoms with van der Waals surface area (Å²) in [5.74, 6) is -0.0892. The van der Waals surface area contributed by atoms with Crippen LogP contribution in [0.5, 0.6) is 0 Å². The van der Waals surface area contributed by atoms with Crippen LogP contribution >= 0.6 is 0 Å². The fraction of sp³-hybridized carbons (Fsp3) is 0.286. The molecule has 11 nitrogen and oxygen atoms in total. The van der Waals surface area contributed by atoms with Gasteiger partial charge in [-0.2, -0.15) is 14.7 Å². The monoisotopic (exact) mass is 527 g/mol. The molecule has 1 unspecified atom stereocenters. The smallest absolute Gasteiger partial charge is 0.418 e. The zero-order valence-electron chi connectivity index (χ0n) is 22.7. The van der Waals surface area contributed by atoms with Crippen LogP contribution in [0.4, 0.5) is 10.6 Å². The van der Waals surface area contributed by atoms with Gasteiger partial charge in [0.05, 0.1) is 23.4 Å². The molecular weight excluding hydrogens is 498 g/mol. The van der Waals surface area contributed by atoms with E-state index in [0.717, 1.165) is 39.0 Å². The van der Waals surface area contributed by atoms with Crippen LogP contribution in [0.1, 0.15) is 36.5 Å². The van der Waals surface area contributed by atoms with Gasteiger partial charge < -0.3 is 9.47 Å². The minimum atomic E-state index is -1.07. The Bertz CT molecular complexity index is 1710. The molecule has 11 heteroatoms. The highest BCUT2D eigenvalue weighted by Gasteiger charge is 2.26. The van der Waals surface area contributed by atoms with Crippen molar-refractivity contribution >= 4 is 34.4 Å². The molecule has 0 saturated carbocycles. The molecule has 0 aliphatic carbocycles. The SMILES string of the molecule is CC(=O)OC(C)OC(=O)N(Cc1ccncc1)c1cc(C)nc2c(-c3ccc4c(c3)c(C)nn4C)c(C)nn12. The van der Waals surface area contributed by atoms with Crippen LogP contribution in [0.15, 0.2) is 48.8 Å². The van der Waals surface area contributed by atoms with Crippen molar-refractivity contribution in [1.29, 1.82) is 0 Å². The lowest BCUT2D eigenvalue weighted by molar-refractivity contribution is -0.161. The van der Waals surface area contributed by atoms with Gasteiger partial charge in [0.2, 0.25) is 6.29 Å². The Kier molecular flexibility index (Phi) is 6.73. The predicted octanol–water partition coefficient (Wildman–Crippen LogP) is 4.66. The van der Waals surface area contributed by atoms with E-state index in [-0.39, 0.29) is 6.54 Å². The van der Waals surface area contributed by atoms with Crippen molar-refractivity contribution in [2.45, 2.75) is 47.5 Å². The Morgan fingerprint density at radius 2 is 1.74 bits per heavy atom. The first-order valence-electron chi connectivity index (χ1n) is 12.5. The second kappa shape index (κ2) is 10.2. The van der Waals surface area contributed by atoms with Gasteiger partial charge >= 0.3 is 12.1 Å². The molecule has 0 fully saturated rings. The van der Waals surface area contributed by atoms with Crippen LogP contribution in [0.3, 0.4) is 0 Å². The second-order valence-corrected chi connectivity index (χ2v) is 9.39. The number of esters is 1. The van der Waals surface area contributed by atoms with E-state index in [1.54, 1.807) is 23.0 Å². The van der Waals surface area contributed by atoms with Gasteiger partial charge in [-0.1, -0.05) is 6.07 Å². The summed E-state index contributed by atoms with van der Waals surface area (Å²) >= 11 is 0. The maximum absolute atomic E-state index is 13.5. The van der Waals surface area contributed by atoms with Crippen LogP contribution in [0.2, 0.25) is 0 Å². The number of aryl methyl sites for hydroxylation is 4. The molecule has 1 atom stereocenters. The largest absolute Gasteiger partial charge is 0.426 e. The predicted molar refractivity (Wildman–Crippen MR) is 145 cm³/mol. The summed E-state index contributed by atoms with van der Waals surface area (Å²) in [5.41, 5.74) is 6.64. The Morgan fingerprint density at radius 3 is 2.46 bits per heavy atom. The van der Waals surface area contributed by atoms with Gasteiger partial charge in [0.1, 0.15) is 5.82 Å². The molecule has 1 amide bonds. The topological polar surface area (TPSA) is 117 Å². The average molecular weight is 528 g/mol. The zero-order chi connectivity index (χ0) is 27.8. The molecule has 0 N–H and O–H groups in total. The molecule has 200 valence electrons. The van der Waals surface area contributed by atoms with Gasteiger partial charge in [-0.25, -0.2) is 9.78 Å². The lowest BCUT2D eigenvalue weighted by Crippen LogP contribution is -2.36. The molecule has 0 bridgehead atoms. The summed E-state index contributed by atoms with van der Waals surface area (Å²) in [6.07, 6.45) is 1.54. The highest BCUT2D eigenvalue weighted by atomic mass is 16.7. The molecule has 5 aromatic rings. The third-order valence-corrected chi connectivity index (χ3v) is 6.38. The minimum absolute atomic E-state index is 0.168. The number of nitrogens with zero attached hydrogens (tertiary/aromatic N) is 7. The maximum atomic E-state index is 13.5. The van der Waals surface area contributed by atoms with E-state index in [4.69, 9.17) is 19.6 Å². The summed E-state index contributed by atoms with van der Waals surface area (Å²) in [6.45, 7) is 8.67. The molecule has 5 rings (SSSR count). The quantitative estimate of drug-likeness (QED) is 0.231. The molecule has 4 aromatic heterocycles. The number of anilines is 1. The van der Waals surface area contributed by atoms with E-state index >= 15 is 0 Å². The number of carbonyl (C=O) groups is 2. The van der Waals surface area contributed by atoms with Crippen molar-refractivity contribution in [1.82, 2.24) is 29.4 Å². The first kappa shape index (κ1) is 25.8. The highest BCUT2D eigenvalue weighted by molar-refractivity contribution is 5.92. The Hall–Kier alpha value is -4.80. The van der Waals surface area contributed by atoms with Crippen LogP contribution < -0.4 is 4.90 Å². The third-order valence-electron chi connectivity index (χ3n) is 6.38. The van der Waals surface area contributed by atoms with E-state index < -0.39 is 18.4 Å². The van der Waals surface area contributed by atoms with Gasteiger partial charge in [-0.15, -0.1) is 0 Å². The number of aromatic nitrogens is 6. The lowest BCUT2D eigenvalue weighted by atomic mass is 10.0. The molecular formula is C28H29N7O4. The van der Waals surface area contributed by atoms with E-state index in [1.807, 2.05) is 56.8 Å². The van der Waals surface area contributed by atoms with E-state index in [2.05, 4.69) is 16.1 Å². The number of ether oxygens (including phenoxy) is 2. The normalized spacial score (nSPS) is 12.1. The number of fused-ring (bicyclic) bond motifs is 2. The fourth-order valence-electron chi connectivity index (χ4n) is 4.73. The van der Waals surface area contributed by atoms with E-state index in [1.165, 1.54) is 18.7 Å². The number of hydrogen-bond donors (Lipinski definition) is 0. The maximum Gasteiger partial charge on any atom is 0.418 e. The molecule has 1 aromatic carbocycles. The molecule has 0 aliphatic rings. The van der Waals surface area contributed by atoms with Gasteiger partial charge in [0.15, 0.2) is 5.65 Å². The van der Waals surface area contributed by atoms with Crippen molar-refractivity contribution in [2.24, 2.45) is 7.05 Å². The number of benzene rings is 1. The Labute approximate surface area is 225 Å². The van der Waals surface area contributed by atoms with Gasteiger partial charge in [-0.05, 0) is 56.2 Å². The standard InChI is InChI=1S/C28H29N7O4/c1-16-13-25(34(15-21-9-11-29-12-10-21)28(37)39-20(5)38-19(4)36)35-27(30-16)26(18(3)32-35)22-7-8-24-23(14-22)17(2)31-33(24)6/h7-14,20H,15H2,1-6H3. The van der Waals surface area contributed by atoms with Crippen molar-refractivity contribution in [3.8, 4) is 11.1 Å². The summed E-state index contributed by atoms with van der Waals surface area (Å²) < 4.78 is 14.0. The Balaban J connectivity index is 1.65. The Morgan fingerprint density at radius 1 is 1.00 bits per heavy atom. The number of amides is 1. The van der Waals surface area contributed by atoms with Crippen LogP contribution in [0.25, 0.3) is 27.7 Å². The summed E-state index contributed by atoms with van der Waals surface area (Å²) in [4.78, 5) is 35.2. The number of rotatable bonds is 6. The number of hydrogen-bond acceptors (Lipinski definition) is 8. The van der Waals surface area contributed by atoms with Crippen molar-refractivity contribution in [3.05, 3.63) is 71.4 Å². The minimum Gasteiger partial charge on any atom is -0.426 e. The third kappa shape index (κ3) is 5.02. The first-order chi connectivity index (χ1) is 18.6. The lowest BCUT2D eigenvalue weighted by Gasteiger charge is -2.24. The van der Waals surface area contributed by atoms with Crippen LogP contribution in [-0.2, 0) is 27.9 Å². The van der Waals surface area contributed by atoms with E-state index in [0.29, 0.717) is 17.2 Å². The molecule has 0 spiro atoms. The fourth-order valence-corrected chi connectivity index (χ4v) is 4.73. The first-order valence-corrected chi connectivity index (χ1v) is 12.5. The van der Waals surface area contributed by atoms with Gasteiger partial charge in [-0.3, -0.25) is 19.4 Å². The summed E-state index contributed by atoms with van der Waals surface area (Å²) in [5, 5.41) is 10.4. The molecule has 39 heavy (non-hydrogen) atoms. The van der Waals surface area contributed by atoms with Crippen LogP contribution in [-0.4, -0.2) is 47.7 Å².